The molecule has 5 nitrogen and oxygen atoms in total. The van der Waals surface area contributed by atoms with E-state index < -0.39 is 16.7 Å². The van der Waals surface area contributed by atoms with Crippen molar-refractivity contribution < 1.29 is 30.4 Å². The standard InChI is InChI=1S/C27H35N3O2.Pd/c1-18-11-7-9-13-20(15-18)23-22(26(3,4)17-27(5,6)25(31)30-32)24(29-28-23)21-14-10-8-12-19(2)16-21;/h7-16,18-19,32H,17H2,1-6H3,(H,28,29)(H,30,31);. The number of carbonyl (C=O) groups is 1. The predicted octanol–water partition coefficient (Wildman–Crippen LogP) is 5.90. The van der Waals surface area contributed by atoms with Crippen LogP contribution in [0.3, 0.4) is 0 Å². The second kappa shape index (κ2) is 10.8. The van der Waals surface area contributed by atoms with Crippen molar-refractivity contribution in [3.05, 3.63) is 77.7 Å². The normalized spacial score (nSPS) is 20.5. The van der Waals surface area contributed by atoms with E-state index in [1.165, 1.54) is 0 Å². The van der Waals surface area contributed by atoms with Crippen LogP contribution in [-0.2, 0) is 30.6 Å². The molecular weight excluding hydrogens is 505 g/mol. The minimum Gasteiger partial charge on any atom is -0.289 e. The molecule has 0 fully saturated rings. The van der Waals surface area contributed by atoms with Crippen LogP contribution in [0.4, 0.5) is 0 Å². The van der Waals surface area contributed by atoms with E-state index in [1.807, 2.05) is 31.5 Å². The molecule has 33 heavy (non-hydrogen) atoms. The summed E-state index contributed by atoms with van der Waals surface area (Å²) in [5.74, 6) is 0.185. The Kier molecular flexibility index (Phi) is 8.82. The molecule has 0 spiro atoms. The van der Waals surface area contributed by atoms with Crippen LogP contribution in [0.15, 0.2) is 60.8 Å². The summed E-state index contributed by atoms with van der Waals surface area (Å²) in [7, 11) is 0. The Hall–Kier alpha value is -2.26. The quantitative estimate of drug-likeness (QED) is 0.239. The molecule has 0 radical (unpaired) electrons. The molecule has 6 heteroatoms. The van der Waals surface area contributed by atoms with Gasteiger partial charge in [-0.25, -0.2) is 5.48 Å². The maximum Gasteiger partial charge on any atom is 0.249 e. The van der Waals surface area contributed by atoms with E-state index in [-0.39, 0.29) is 26.3 Å². The van der Waals surface area contributed by atoms with Gasteiger partial charge >= 0.3 is 0 Å². The van der Waals surface area contributed by atoms with E-state index in [4.69, 9.17) is 5.10 Å². The number of aromatic nitrogens is 2. The fourth-order valence-electron chi connectivity index (χ4n) is 4.75. The zero-order valence-corrected chi connectivity index (χ0v) is 21.8. The second-order valence-electron chi connectivity index (χ2n) is 10.2. The Morgan fingerprint density at radius 1 is 1.00 bits per heavy atom. The topological polar surface area (TPSA) is 78.0 Å². The number of hydrogen-bond donors (Lipinski definition) is 3. The number of nitrogens with one attached hydrogen (secondary N) is 2. The van der Waals surface area contributed by atoms with Gasteiger partial charge in [0.2, 0.25) is 5.91 Å². The fraction of sp³-hybridized carbons (Fsp3) is 0.407. The van der Waals surface area contributed by atoms with Crippen LogP contribution < -0.4 is 5.48 Å². The van der Waals surface area contributed by atoms with Crippen molar-refractivity contribution in [2.75, 3.05) is 0 Å². The van der Waals surface area contributed by atoms with Gasteiger partial charge in [-0.2, -0.15) is 5.10 Å². The molecule has 0 aliphatic heterocycles. The molecule has 180 valence electrons. The van der Waals surface area contributed by atoms with Crippen molar-refractivity contribution in [2.24, 2.45) is 17.3 Å². The number of amides is 1. The molecule has 2 aliphatic rings. The Balaban J connectivity index is 0.00000385. The Morgan fingerprint density at radius 2 is 1.55 bits per heavy atom. The van der Waals surface area contributed by atoms with Crippen molar-refractivity contribution in [1.82, 2.24) is 15.7 Å². The van der Waals surface area contributed by atoms with Crippen LogP contribution in [0, 0.1) is 17.3 Å². The summed E-state index contributed by atoms with van der Waals surface area (Å²) in [5.41, 5.74) is 5.73. The van der Waals surface area contributed by atoms with Crippen LogP contribution >= 0.6 is 0 Å². The van der Waals surface area contributed by atoms with E-state index in [1.54, 1.807) is 0 Å². The van der Waals surface area contributed by atoms with Crippen molar-refractivity contribution in [3.8, 4) is 0 Å². The number of nitrogens with zero attached hydrogens (tertiary/aromatic N) is 1. The zero-order valence-electron chi connectivity index (χ0n) is 20.3. The minimum absolute atomic E-state index is 0. The molecular formula is C27H35N3O2Pd. The third-order valence-corrected chi connectivity index (χ3v) is 6.09. The number of aromatic amines is 1. The Bertz CT molecular complexity index is 990. The first-order chi connectivity index (χ1) is 15.0. The van der Waals surface area contributed by atoms with Crippen LogP contribution in [0.25, 0.3) is 11.1 Å². The van der Waals surface area contributed by atoms with Crippen molar-refractivity contribution in [3.63, 3.8) is 0 Å². The van der Waals surface area contributed by atoms with Gasteiger partial charge in [0.15, 0.2) is 0 Å². The number of carbonyl (C=O) groups excluding carboxylic acids is 1. The number of hydroxylamine groups is 1. The van der Waals surface area contributed by atoms with Gasteiger partial charge in [0, 0.05) is 31.4 Å². The second-order valence-corrected chi connectivity index (χ2v) is 10.2. The molecule has 1 amide bonds. The van der Waals surface area contributed by atoms with Gasteiger partial charge in [-0.15, -0.1) is 0 Å². The van der Waals surface area contributed by atoms with E-state index >= 15 is 0 Å². The first kappa shape index (κ1) is 27.0. The number of allylic oxidation sites excluding steroid dienone is 12. The molecule has 3 rings (SSSR count). The fourth-order valence-corrected chi connectivity index (χ4v) is 4.75. The molecule has 0 bridgehead atoms. The van der Waals surface area contributed by atoms with Gasteiger partial charge in [0.05, 0.1) is 11.4 Å². The molecule has 2 unspecified atom stereocenters. The first-order valence-corrected chi connectivity index (χ1v) is 11.2. The maximum atomic E-state index is 12.4. The van der Waals surface area contributed by atoms with Crippen LogP contribution in [0.2, 0.25) is 0 Å². The van der Waals surface area contributed by atoms with Crippen LogP contribution in [-0.4, -0.2) is 21.3 Å². The van der Waals surface area contributed by atoms with Gasteiger partial charge in [-0.3, -0.25) is 15.1 Å². The maximum absolute atomic E-state index is 12.4. The molecule has 0 aromatic carbocycles. The summed E-state index contributed by atoms with van der Waals surface area (Å²) < 4.78 is 0. The van der Waals surface area contributed by atoms with E-state index in [2.05, 4.69) is 81.4 Å². The zero-order chi connectivity index (χ0) is 23.5. The molecule has 3 N–H and O–H groups in total. The molecule has 0 saturated carbocycles. The monoisotopic (exact) mass is 539 g/mol. The number of hydrogen-bond acceptors (Lipinski definition) is 3. The van der Waals surface area contributed by atoms with E-state index in [0.29, 0.717) is 12.3 Å². The smallest absolute Gasteiger partial charge is 0.249 e. The van der Waals surface area contributed by atoms with Gasteiger partial charge in [0.1, 0.15) is 0 Å². The van der Waals surface area contributed by atoms with E-state index in [9.17, 15) is 10.0 Å². The summed E-state index contributed by atoms with van der Waals surface area (Å²) in [6.45, 7) is 12.3. The summed E-state index contributed by atoms with van der Waals surface area (Å²) in [4.78, 5) is 12.4. The van der Waals surface area contributed by atoms with Gasteiger partial charge < -0.3 is 0 Å². The summed E-state index contributed by atoms with van der Waals surface area (Å²) in [6, 6.07) is 0. The van der Waals surface area contributed by atoms with Gasteiger partial charge in [-0.05, 0) is 34.8 Å². The Labute approximate surface area is 211 Å². The third-order valence-electron chi connectivity index (χ3n) is 6.09. The molecule has 1 aromatic heterocycles. The summed E-state index contributed by atoms with van der Waals surface area (Å²) in [6.07, 6.45) is 21.7. The largest absolute Gasteiger partial charge is 0.289 e. The van der Waals surface area contributed by atoms with Crippen molar-refractivity contribution >= 4 is 17.1 Å². The third kappa shape index (κ3) is 6.20. The first-order valence-electron chi connectivity index (χ1n) is 11.2. The van der Waals surface area contributed by atoms with E-state index in [0.717, 1.165) is 28.1 Å². The molecule has 1 aromatic rings. The molecule has 0 saturated heterocycles. The van der Waals surface area contributed by atoms with Gasteiger partial charge in [0.25, 0.3) is 0 Å². The predicted molar refractivity (Wildman–Crippen MR) is 131 cm³/mol. The molecule has 1 heterocycles. The number of rotatable bonds is 6. The summed E-state index contributed by atoms with van der Waals surface area (Å²) in [5, 5.41) is 17.4. The van der Waals surface area contributed by atoms with Crippen molar-refractivity contribution in [1.29, 1.82) is 0 Å². The minimum atomic E-state index is -0.769. The van der Waals surface area contributed by atoms with Crippen LogP contribution in [0.1, 0.15) is 64.9 Å². The SMILES string of the molecule is CC1C=CC=CC(c2n[nH]c(C3=CC(C)C=CC=C3)c2C(C)(C)CC(C)(C)C(=O)NO)=C1.[Pd]. The van der Waals surface area contributed by atoms with Gasteiger partial charge in [-0.1, -0.05) is 102 Å². The average Bonchev–Trinajstić information content (AvgIpc) is 2.90. The Morgan fingerprint density at radius 3 is 2.12 bits per heavy atom. The van der Waals surface area contributed by atoms with Crippen molar-refractivity contribution in [2.45, 2.75) is 53.4 Å². The number of H-pyrrole nitrogens is 1. The average molecular weight is 540 g/mol. The molecule has 2 atom stereocenters. The van der Waals surface area contributed by atoms with Crippen LogP contribution in [0.5, 0.6) is 0 Å². The summed E-state index contributed by atoms with van der Waals surface area (Å²) >= 11 is 0. The molecule has 2 aliphatic carbocycles.